The minimum Gasteiger partial charge on any atom is -0.350 e. The SMILES string of the molecule is Cc1ccc(CN(C(=O)CN(c2cc(C)cc(C)c2)S(=O)(=O)c2ccccc2)[C@@H](Cc2ccccc2)C(=O)NC(C)(C)C)cc1. The second kappa shape index (κ2) is 14.1. The van der Waals surface area contributed by atoms with Gasteiger partial charge in [0.05, 0.1) is 10.6 Å². The molecule has 0 saturated heterocycles. The Labute approximate surface area is 268 Å². The minimum atomic E-state index is -4.14. The monoisotopic (exact) mass is 625 g/mol. The number of hydrogen-bond donors (Lipinski definition) is 1. The van der Waals surface area contributed by atoms with Crippen molar-refractivity contribution in [2.45, 2.75) is 71.0 Å². The van der Waals surface area contributed by atoms with Crippen LogP contribution in [0.2, 0.25) is 0 Å². The van der Waals surface area contributed by atoms with Crippen LogP contribution in [0.1, 0.15) is 48.6 Å². The van der Waals surface area contributed by atoms with E-state index in [1.54, 1.807) is 30.3 Å². The molecule has 0 radical (unpaired) electrons. The number of aryl methyl sites for hydroxylation is 3. The maximum atomic E-state index is 14.6. The lowest BCUT2D eigenvalue weighted by Gasteiger charge is -2.35. The van der Waals surface area contributed by atoms with E-state index in [9.17, 15) is 18.0 Å². The van der Waals surface area contributed by atoms with E-state index in [0.29, 0.717) is 5.69 Å². The Bertz CT molecular complexity index is 1700. The Morgan fingerprint density at radius 2 is 1.29 bits per heavy atom. The van der Waals surface area contributed by atoms with Crippen LogP contribution in [0.25, 0.3) is 0 Å². The van der Waals surface area contributed by atoms with Gasteiger partial charge in [-0.3, -0.25) is 13.9 Å². The fraction of sp³-hybridized carbons (Fsp3) is 0.297. The average Bonchev–Trinajstić information content (AvgIpc) is 2.98. The number of carbonyl (C=O) groups is 2. The normalized spacial score (nSPS) is 12.3. The number of carbonyl (C=O) groups excluding carboxylic acids is 2. The van der Waals surface area contributed by atoms with Gasteiger partial charge in [0, 0.05) is 18.5 Å². The van der Waals surface area contributed by atoms with Crippen LogP contribution >= 0.6 is 0 Å². The number of amides is 2. The van der Waals surface area contributed by atoms with Gasteiger partial charge in [0.25, 0.3) is 10.0 Å². The molecule has 7 nitrogen and oxygen atoms in total. The molecule has 4 rings (SSSR count). The van der Waals surface area contributed by atoms with Crippen LogP contribution in [0, 0.1) is 20.8 Å². The fourth-order valence-corrected chi connectivity index (χ4v) is 6.66. The lowest BCUT2D eigenvalue weighted by atomic mass is 10.0. The maximum Gasteiger partial charge on any atom is 0.264 e. The largest absolute Gasteiger partial charge is 0.350 e. The minimum absolute atomic E-state index is 0.0772. The molecule has 0 unspecified atom stereocenters. The molecule has 45 heavy (non-hydrogen) atoms. The number of hydrogen-bond acceptors (Lipinski definition) is 4. The highest BCUT2D eigenvalue weighted by Crippen LogP contribution is 2.27. The highest BCUT2D eigenvalue weighted by Gasteiger charge is 2.35. The van der Waals surface area contributed by atoms with Gasteiger partial charge in [0.15, 0.2) is 0 Å². The van der Waals surface area contributed by atoms with Gasteiger partial charge < -0.3 is 10.2 Å². The highest BCUT2D eigenvalue weighted by atomic mass is 32.2. The first kappa shape index (κ1) is 33.5. The van der Waals surface area contributed by atoms with Crippen LogP contribution < -0.4 is 9.62 Å². The molecule has 0 bridgehead atoms. The van der Waals surface area contributed by atoms with E-state index >= 15 is 0 Å². The summed E-state index contributed by atoms with van der Waals surface area (Å²) in [6, 6.07) is 30.0. The van der Waals surface area contributed by atoms with Crippen molar-refractivity contribution in [2.75, 3.05) is 10.8 Å². The molecule has 0 aliphatic heterocycles. The third-order valence-electron chi connectivity index (χ3n) is 7.35. The van der Waals surface area contributed by atoms with Gasteiger partial charge in [-0.05, 0) is 88.1 Å². The molecule has 0 spiro atoms. The molecule has 1 N–H and O–H groups in total. The summed E-state index contributed by atoms with van der Waals surface area (Å²) in [5.74, 6) is -0.796. The maximum absolute atomic E-state index is 14.6. The molecular weight excluding hydrogens is 582 g/mol. The summed E-state index contributed by atoms with van der Waals surface area (Å²) in [7, 11) is -4.14. The molecule has 0 aliphatic rings. The summed E-state index contributed by atoms with van der Waals surface area (Å²) in [6.07, 6.45) is 0.259. The molecule has 4 aromatic rings. The first-order valence-electron chi connectivity index (χ1n) is 15.1. The first-order chi connectivity index (χ1) is 21.2. The Balaban J connectivity index is 1.83. The topological polar surface area (TPSA) is 86.8 Å². The standard InChI is InChI=1S/C37H43N3O4S/c1-27-17-19-31(20-18-27)25-39(34(36(42)38-37(4,5)6)24-30-13-9-7-10-14-30)35(41)26-40(32-22-28(2)21-29(3)23-32)45(43,44)33-15-11-8-12-16-33/h7-23,34H,24-26H2,1-6H3,(H,38,42)/t34-/m0/s1. The zero-order chi connectivity index (χ0) is 32.8. The number of rotatable bonds is 11. The van der Waals surface area contributed by atoms with Gasteiger partial charge in [0.1, 0.15) is 12.6 Å². The lowest BCUT2D eigenvalue weighted by Crippen LogP contribution is -2.56. The second-order valence-electron chi connectivity index (χ2n) is 12.6. The van der Waals surface area contributed by atoms with Crippen molar-refractivity contribution >= 4 is 27.5 Å². The fourth-order valence-electron chi connectivity index (χ4n) is 5.24. The van der Waals surface area contributed by atoms with Crippen molar-refractivity contribution in [3.8, 4) is 0 Å². The molecule has 0 aromatic heterocycles. The molecular formula is C37H43N3O4S. The van der Waals surface area contributed by atoms with E-state index in [2.05, 4.69) is 5.32 Å². The van der Waals surface area contributed by atoms with Crippen molar-refractivity contribution in [1.29, 1.82) is 0 Å². The van der Waals surface area contributed by atoms with Gasteiger partial charge in [-0.2, -0.15) is 0 Å². The Morgan fingerprint density at radius 1 is 0.733 bits per heavy atom. The van der Waals surface area contributed by atoms with Crippen molar-refractivity contribution in [2.24, 2.45) is 0 Å². The molecule has 0 aliphatic carbocycles. The van der Waals surface area contributed by atoms with E-state index in [1.165, 1.54) is 17.0 Å². The summed E-state index contributed by atoms with van der Waals surface area (Å²) in [4.78, 5) is 30.2. The zero-order valence-corrected chi connectivity index (χ0v) is 27.8. The smallest absolute Gasteiger partial charge is 0.264 e. The number of nitrogens with one attached hydrogen (secondary N) is 1. The van der Waals surface area contributed by atoms with E-state index in [4.69, 9.17) is 0 Å². The quantitative estimate of drug-likeness (QED) is 0.210. The van der Waals surface area contributed by atoms with Crippen molar-refractivity contribution in [3.05, 3.63) is 131 Å². The van der Waals surface area contributed by atoms with Gasteiger partial charge in [-0.15, -0.1) is 0 Å². The van der Waals surface area contributed by atoms with E-state index in [1.807, 2.05) is 102 Å². The molecule has 0 saturated carbocycles. The summed E-state index contributed by atoms with van der Waals surface area (Å²) >= 11 is 0. The molecule has 8 heteroatoms. The van der Waals surface area contributed by atoms with Crippen LogP contribution in [0.5, 0.6) is 0 Å². The predicted octanol–water partition coefficient (Wildman–Crippen LogP) is 6.36. The zero-order valence-electron chi connectivity index (χ0n) is 26.9. The van der Waals surface area contributed by atoms with Crippen LogP contribution in [0.15, 0.2) is 108 Å². The third-order valence-corrected chi connectivity index (χ3v) is 9.14. The third kappa shape index (κ3) is 9.05. The predicted molar refractivity (Wildman–Crippen MR) is 180 cm³/mol. The van der Waals surface area contributed by atoms with Gasteiger partial charge in [-0.25, -0.2) is 8.42 Å². The van der Waals surface area contributed by atoms with Gasteiger partial charge in [0.2, 0.25) is 11.8 Å². The Morgan fingerprint density at radius 3 is 1.84 bits per heavy atom. The van der Waals surface area contributed by atoms with Crippen LogP contribution in [-0.4, -0.2) is 43.3 Å². The second-order valence-corrected chi connectivity index (χ2v) is 14.5. The number of sulfonamides is 1. The molecule has 236 valence electrons. The molecule has 1 atom stereocenters. The van der Waals surface area contributed by atoms with Crippen LogP contribution in [-0.2, 0) is 32.6 Å². The molecule has 0 heterocycles. The van der Waals surface area contributed by atoms with Crippen LogP contribution in [0.3, 0.4) is 0 Å². The van der Waals surface area contributed by atoms with E-state index < -0.39 is 34.1 Å². The number of nitrogens with zero attached hydrogens (tertiary/aromatic N) is 2. The summed E-state index contributed by atoms with van der Waals surface area (Å²) in [6.45, 7) is 11.1. The molecule has 4 aromatic carbocycles. The van der Waals surface area contributed by atoms with E-state index in [-0.39, 0.29) is 23.8 Å². The van der Waals surface area contributed by atoms with Crippen molar-refractivity contribution in [3.63, 3.8) is 0 Å². The van der Waals surface area contributed by atoms with Crippen LogP contribution in [0.4, 0.5) is 5.69 Å². The Kier molecular flexibility index (Phi) is 10.5. The Hall–Kier alpha value is -4.43. The molecule has 0 fully saturated rings. The number of benzene rings is 4. The summed E-state index contributed by atoms with van der Waals surface area (Å²) < 4.78 is 29.5. The van der Waals surface area contributed by atoms with Crippen molar-refractivity contribution in [1.82, 2.24) is 10.2 Å². The first-order valence-corrected chi connectivity index (χ1v) is 16.5. The highest BCUT2D eigenvalue weighted by molar-refractivity contribution is 7.92. The van der Waals surface area contributed by atoms with E-state index in [0.717, 1.165) is 32.1 Å². The number of anilines is 1. The van der Waals surface area contributed by atoms with Crippen molar-refractivity contribution < 1.29 is 18.0 Å². The average molecular weight is 626 g/mol. The molecule has 2 amide bonds. The lowest BCUT2D eigenvalue weighted by molar-refractivity contribution is -0.140. The summed E-state index contributed by atoms with van der Waals surface area (Å²) in [5, 5.41) is 3.06. The summed E-state index contributed by atoms with van der Waals surface area (Å²) in [5.41, 5.74) is 4.36. The van der Waals surface area contributed by atoms with Gasteiger partial charge in [-0.1, -0.05) is 84.4 Å². The van der Waals surface area contributed by atoms with Gasteiger partial charge >= 0.3 is 0 Å².